The van der Waals surface area contributed by atoms with E-state index in [9.17, 15) is 9.59 Å². The molecular formula is C13H14N2O3. The number of aromatic amines is 1. The van der Waals surface area contributed by atoms with Crippen molar-refractivity contribution in [2.45, 2.75) is 19.4 Å². The first-order valence-corrected chi connectivity index (χ1v) is 5.73. The second-order valence-electron chi connectivity index (χ2n) is 4.04. The summed E-state index contributed by atoms with van der Waals surface area (Å²) in [4.78, 5) is 25.4. The highest BCUT2D eigenvalue weighted by atomic mass is 16.4. The topological polar surface area (TPSA) is 82.2 Å². The summed E-state index contributed by atoms with van der Waals surface area (Å²) in [7, 11) is 0. The maximum Gasteiger partial charge on any atom is 0.326 e. The van der Waals surface area contributed by atoms with Gasteiger partial charge in [0, 0.05) is 5.39 Å². The smallest absolute Gasteiger partial charge is 0.326 e. The van der Waals surface area contributed by atoms with Crippen LogP contribution in [0.2, 0.25) is 0 Å². The standard InChI is InChI=1S/C13H14N2O3/c1-2-10(13(17)18)14-11-7-8-5-3-4-6-9(8)12(16)15-11/h3-7,10H,2H2,1H3,(H,17,18)(H2,14,15,16). The number of aliphatic carboxylic acids is 1. The summed E-state index contributed by atoms with van der Waals surface area (Å²) < 4.78 is 0. The van der Waals surface area contributed by atoms with Crippen LogP contribution in [-0.2, 0) is 4.79 Å². The molecule has 1 atom stereocenters. The average molecular weight is 246 g/mol. The molecule has 2 aromatic rings. The number of carboxylic acids is 1. The third kappa shape index (κ3) is 2.34. The monoisotopic (exact) mass is 246 g/mol. The third-order valence-corrected chi connectivity index (χ3v) is 2.79. The van der Waals surface area contributed by atoms with Crippen molar-refractivity contribution in [1.82, 2.24) is 4.98 Å². The van der Waals surface area contributed by atoms with E-state index in [-0.39, 0.29) is 5.56 Å². The van der Waals surface area contributed by atoms with Gasteiger partial charge in [-0.25, -0.2) is 4.79 Å². The van der Waals surface area contributed by atoms with Crippen molar-refractivity contribution in [3.8, 4) is 0 Å². The van der Waals surface area contributed by atoms with Gasteiger partial charge in [-0.15, -0.1) is 0 Å². The second-order valence-corrected chi connectivity index (χ2v) is 4.04. The number of hydrogen-bond donors (Lipinski definition) is 3. The molecule has 0 aliphatic rings. The number of hydrogen-bond acceptors (Lipinski definition) is 3. The highest BCUT2D eigenvalue weighted by Crippen LogP contribution is 2.13. The van der Waals surface area contributed by atoms with E-state index in [1.54, 1.807) is 25.1 Å². The van der Waals surface area contributed by atoms with Gasteiger partial charge in [-0.1, -0.05) is 25.1 Å². The quantitative estimate of drug-likeness (QED) is 0.768. The van der Waals surface area contributed by atoms with Crippen LogP contribution < -0.4 is 10.9 Å². The van der Waals surface area contributed by atoms with E-state index < -0.39 is 12.0 Å². The van der Waals surface area contributed by atoms with Gasteiger partial charge in [0.15, 0.2) is 0 Å². The van der Waals surface area contributed by atoms with Crippen LogP contribution in [0.5, 0.6) is 0 Å². The van der Waals surface area contributed by atoms with E-state index in [1.807, 2.05) is 12.1 Å². The van der Waals surface area contributed by atoms with Crippen molar-refractivity contribution in [3.63, 3.8) is 0 Å². The summed E-state index contributed by atoms with van der Waals surface area (Å²) in [6, 6.07) is 8.20. The minimum Gasteiger partial charge on any atom is -0.480 e. The van der Waals surface area contributed by atoms with Gasteiger partial charge in [0.2, 0.25) is 0 Å². The number of carboxylic acid groups (broad SMARTS) is 1. The van der Waals surface area contributed by atoms with Crippen molar-refractivity contribution >= 4 is 22.6 Å². The van der Waals surface area contributed by atoms with Gasteiger partial charge in [-0.3, -0.25) is 4.79 Å². The Labute approximate surface area is 103 Å². The number of fused-ring (bicyclic) bond motifs is 1. The molecule has 1 aromatic carbocycles. The van der Waals surface area contributed by atoms with Crippen LogP contribution >= 0.6 is 0 Å². The van der Waals surface area contributed by atoms with Crippen LogP contribution in [0, 0.1) is 0 Å². The molecule has 5 nitrogen and oxygen atoms in total. The molecule has 0 aliphatic carbocycles. The first-order chi connectivity index (χ1) is 8.61. The van der Waals surface area contributed by atoms with E-state index in [0.29, 0.717) is 17.6 Å². The summed E-state index contributed by atoms with van der Waals surface area (Å²) in [6.07, 6.45) is 0.435. The highest BCUT2D eigenvalue weighted by Gasteiger charge is 2.15. The molecular weight excluding hydrogens is 232 g/mol. The lowest BCUT2D eigenvalue weighted by Crippen LogP contribution is -2.29. The van der Waals surface area contributed by atoms with Crippen LogP contribution in [0.4, 0.5) is 5.82 Å². The van der Waals surface area contributed by atoms with Crippen LogP contribution in [-0.4, -0.2) is 22.1 Å². The summed E-state index contributed by atoms with van der Waals surface area (Å²) >= 11 is 0. The van der Waals surface area contributed by atoms with Crippen molar-refractivity contribution in [1.29, 1.82) is 0 Å². The van der Waals surface area contributed by atoms with Gasteiger partial charge in [0.25, 0.3) is 5.56 Å². The highest BCUT2D eigenvalue weighted by molar-refractivity contribution is 5.84. The average Bonchev–Trinajstić information content (AvgIpc) is 2.35. The molecule has 5 heteroatoms. The molecule has 1 aromatic heterocycles. The summed E-state index contributed by atoms with van der Waals surface area (Å²) in [5.41, 5.74) is -0.226. The Morgan fingerprint density at radius 3 is 2.83 bits per heavy atom. The largest absolute Gasteiger partial charge is 0.480 e. The molecule has 3 N–H and O–H groups in total. The second kappa shape index (κ2) is 4.91. The molecule has 1 unspecified atom stereocenters. The number of aromatic nitrogens is 1. The summed E-state index contributed by atoms with van der Waals surface area (Å²) in [5, 5.41) is 13.1. The number of benzene rings is 1. The van der Waals surface area contributed by atoms with E-state index in [0.717, 1.165) is 5.39 Å². The molecule has 0 saturated carbocycles. The van der Waals surface area contributed by atoms with E-state index >= 15 is 0 Å². The number of rotatable bonds is 4. The van der Waals surface area contributed by atoms with Gasteiger partial charge in [0.1, 0.15) is 11.9 Å². The van der Waals surface area contributed by atoms with Crippen LogP contribution in [0.25, 0.3) is 10.8 Å². The fourth-order valence-electron chi connectivity index (χ4n) is 1.81. The Hall–Kier alpha value is -2.30. The fraction of sp³-hybridized carbons (Fsp3) is 0.231. The number of H-pyrrole nitrogens is 1. The number of anilines is 1. The molecule has 0 radical (unpaired) electrons. The van der Waals surface area contributed by atoms with Crippen LogP contribution in [0.15, 0.2) is 35.1 Å². The number of pyridine rings is 1. The maximum atomic E-state index is 11.8. The molecule has 0 bridgehead atoms. The predicted octanol–water partition coefficient (Wildman–Crippen LogP) is 1.80. The SMILES string of the molecule is CCC(Nc1cc2ccccc2c(=O)[nH]1)C(=O)O. The van der Waals surface area contributed by atoms with Crippen LogP contribution in [0.1, 0.15) is 13.3 Å². The number of carbonyl (C=O) groups is 1. The molecule has 0 spiro atoms. The zero-order valence-electron chi connectivity index (χ0n) is 9.93. The lowest BCUT2D eigenvalue weighted by atomic mass is 10.1. The minimum atomic E-state index is -0.938. The Kier molecular flexibility index (Phi) is 3.32. The molecule has 2 rings (SSSR count). The zero-order valence-corrected chi connectivity index (χ0v) is 9.93. The third-order valence-electron chi connectivity index (χ3n) is 2.79. The molecule has 1 heterocycles. The first-order valence-electron chi connectivity index (χ1n) is 5.73. The maximum absolute atomic E-state index is 11.8. The van der Waals surface area contributed by atoms with E-state index in [4.69, 9.17) is 5.11 Å². The van der Waals surface area contributed by atoms with Crippen molar-refractivity contribution in [2.24, 2.45) is 0 Å². The van der Waals surface area contributed by atoms with Crippen molar-refractivity contribution in [3.05, 3.63) is 40.7 Å². The summed E-state index contributed by atoms with van der Waals surface area (Å²) in [6.45, 7) is 1.77. The predicted molar refractivity (Wildman–Crippen MR) is 69.9 cm³/mol. The van der Waals surface area contributed by atoms with Crippen molar-refractivity contribution < 1.29 is 9.90 Å². The van der Waals surface area contributed by atoms with Crippen LogP contribution in [0.3, 0.4) is 0 Å². The molecule has 0 amide bonds. The summed E-state index contributed by atoms with van der Waals surface area (Å²) in [5.74, 6) is -0.514. The van der Waals surface area contributed by atoms with Gasteiger partial charge in [-0.05, 0) is 23.9 Å². The Morgan fingerprint density at radius 1 is 1.44 bits per heavy atom. The first kappa shape index (κ1) is 12.2. The Bertz CT molecular complexity index is 633. The molecule has 0 fully saturated rings. The van der Waals surface area contributed by atoms with Gasteiger partial charge >= 0.3 is 5.97 Å². The number of nitrogens with one attached hydrogen (secondary N) is 2. The van der Waals surface area contributed by atoms with E-state index in [2.05, 4.69) is 10.3 Å². The Balaban J connectivity index is 2.41. The van der Waals surface area contributed by atoms with E-state index in [1.165, 1.54) is 0 Å². The van der Waals surface area contributed by atoms with Gasteiger partial charge in [0.05, 0.1) is 0 Å². The molecule has 18 heavy (non-hydrogen) atoms. The minimum absolute atomic E-state index is 0.226. The van der Waals surface area contributed by atoms with Crippen molar-refractivity contribution in [2.75, 3.05) is 5.32 Å². The van der Waals surface area contributed by atoms with Gasteiger partial charge < -0.3 is 15.4 Å². The molecule has 94 valence electrons. The lowest BCUT2D eigenvalue weighted by molar-refractivity contribution is -0.137. The fourth-order valence-corrected chi connectivity index (χ4v) is 1.81. The zero-order chi connectivity index (χ0) is 13.1. The lowest BCUT2D eigenvalue weighted by Gasteiger charge is -2.13. The molecule has 0 aliphatic heterocycles. The molecule has 0 saturated heterocycles. The normalized spacial score (nSPS) is 12.3. The Morgan fingerprint density at radius 2 is 2.17 bits per heavy atom. The van der Waals surface area contributed by atoms with Gasteiger partial charge in [-0.2, -0.15) is 0 Å².